The molecule has 0 spiro atoms. The zero-order valence-electron chi connectivity index (χ0n) is 14.6. The van der Waals surface area contributed by atoms with Gasteiger partial charge in [0.1, 0.15) is 5.69 Å². The van der Waals surface area contributed by atoms with E-state index in [1.807, 2.05) is 42.2 Å². The van der Waals surface area contributed by atoms with Gasteiger partial charge in [-0.25, -0.2) is 0 Å². The van der Waals surface area contributed by atoms with Crippen LogP contribution in [-0.4, -0.2) is 32.1 Å². The number of amides is 1. The number of benzene rings is 1. The van der Waals surface area contributed by atoms with Gasteiger partial charge < -0.3 is 9.47 Å². The molecule has 0 bridgehead atoms. The van der Waals surface area contributed by atoms with E-state index in [-0.39, 0.29) is 11.9 Å². The molecule has 3 heterocycles. The van der Waals surface area contributed by atoms with E-state index in [9.17, 15) is 4.79 Å². The van der Waals surface area contributed by atoms with Crippen LogP contribution in [0.2, 0.25) is 0 Å². The number of hydrogen-bond acceptors (Lipinski definition) is 2. The standard InChI is InChI=1S/C20H22N4O/c1-3-16-17-10-7-11-23(17)12-13-24(16)20(25)19-14(2)18(21-22-19)15-8-5-4-6-9-15/h4-11,16H,3,12-13H2,1-2H3,(H,21,22)/t16-/m0/s1. The van der Waals surface area contributed by atoms with E-state index in [1.165, 1.54) is 5.69 Å². The smallest absolute Gasteiger partial charge is 0.272 e. The van der Waals surface area contributed by atoms with Crippen LogP contribution in [-0.2, 0) is 6.54 Å². The summed E-state index contributed by atoms with van der Waals surface area (Å²) in [6.45, 7) is 5.65. The molecule has 0 radical (unpaired) electrons. The molecule has 1 amide bonds. The molecule has 1 N–H and O–H groups in total. The van der Waals surface area contributed by atoms with Crippen molar-refractivity contribution in [2.45, 2.75) is 32.9 Å². The number of aromatic nitrogens is 3. The number of rotatable bonds is 3. The fraction of sp³-hybridized carbons (Fsp3) is 0.300. The van der Waals surface area contributed by atoms with Gasteiger partial charge in [-0.15, -0.1) is 0 Å². The van der Waals surface area contributed by atoms with Crippen LogP contribution in [0.3, 0.4) is 0 Å². The van der Waals surface area contributed by atoms with Crippen molar-refractivity contribution in [2.75, 3.05) is 6.54 Å². The predicted octanol–water partition coefficient (Wildman–Crippen LogP) is 3.79. The van der Waals surface area contributed by atoms with E-state index in [0.29, 0.717) is 5.69 Å². The van der Waals surface area contributed by atoms with Crippen molar-refractivity contribution >= 4 is 5.91 Å². The average molecular weight is 334 g/mol. The van der Waals surface area contributed by atoms with Gasteiger partial charge in [-0.05, 0) is 25.5 Å². The van der Waals surface area contributed by atoms with Gasteiger partial charge in [0, 0.05) is 36.1 Å². The van der Waals surface area contributed by atoms with Gasteiger partial charge in [-0.1, -0.05) is 37.3 Å². The molecule has 1 aromatic carbocycles. The summed E-state index contributed by atoms with van der Waals surface area (Å²) < 4.78 is 2.24. The Labute approximate surface area is 147 Å². The van der Waals surface area contributed by atoms with Gasteiger partial charge in [-0.3, -0.25) is 9.89 Å². The van der Waals surface area contributed by atoms with Gasteiger partial charge in [0.25, 0.3) is 5.91 Å². The SMILES string of the molecule is CC[C@H]1c2cccn2CCN1C(=O)c1[nH]nc(-c2ccccc2)c1C. The molecule has 5 nitrogen and oxygen atoms in total. The lowest BCUT2D eigenvalue weighted by atomic mass is 10.0. The van der Waals surface area contributed by atoms with Crippen molar-refractivity contribution in [1.29, 1.82) is 0 Å². The Balaban J connectivity index is 1.67. The number of aromatic amines is 1. The van der Waals surface area contributed by atoms with E-state index < -0.39 is 0 Å². The van der Waals surface area contributed by atoms with Crippen molar-refractivity contribution in [3.05, 3.63) is 65.6 Å². The Morgan fingerprint density at radius 1 is 1.20 bits per heavy atom. The summed E-state index contributed by atoms with van der Waals surface area (Å²) in [6.07, 6.45) is 2.99. The lowest BCUT2D eigenvalue weighted by Gasteiger charge is -2.36. The van der Waals surface area contributed by atoms with Crippen LogP contribution < -0.4 is 0 Å². The Morgan fingerprint density at radius 3 is 2.76 bits per heavy atom. The Kier molecular flexibility index (Phi) is 3.92. The number of fused-ring (bicyclic) bond motifs is 1. The van der Waals surface area contributed by atoms with Crippen LogP contribution in [0.15, 0.2) is 48.7 Å². The normalized spacial score (nSPS) is 16.7. The highest BCUT2D eigenvalue weighted by molar-refractivity contribution is 5.95. The molecular formula is C20H22N4O. The minimum atomic E-state index is 0.0338. The minimum absolute atomic E-state index is 0.0338. The fourth-order valence-electron chi connectivity index (χ4n) is 3.76. The first kappa shape index (κ1) is 15.7. The second kappa shape index (κ2) is 6.24. The van der Waals surface area contributed by atoms with Crippen LogP contribution in [0.1, 0.15) is 41.1 Å². The van der Waals surface area contributed by atoms with Crippen LogP contribution in [0.5, 0.6) is 0 Å². The summed E-state index contributed by atoms with van der Waals surface area (Å²) in [5.41, 5.74) is 4.58. The predicted molar refractivity (Wildman–Crippen MR) is 97.3 cm³/mol. The average Bonchev–Trinajstić information content (AvgIpc) is 3.27. The maximum Gasteiger partial charge on any atom is 0.272 e. The molecular weight excluding hydrogens is 312 g/mol. The molecule has 0 saturated carbocycles. The Hall–Kier alpha value is -2.82. The molecule has 0 saturated heterocycles. The zero-order valence-corrected chi connectivity index (χ0v) is 14.6. The highest BCUT2D eigenvalue weighted by Gasteiger charge is 2.32. The highest BCUT2D eigenvalue weighted by Crippen LogP contribution is 2.31. The van der Waals surface area contributed by atoms with Crippen LogP contribution in [0, 0.1) is 6.92 Å². The van der Waals surface area contributed by atoms with E-state index in [4.69, 9.17) is 0 Å². The van der Waals surface area contributed by atoms with Gasteiger partial charge in [0.2, 0.25) is 0 Å². The summed E-state index contributed by atoms with van der Waals surface area (Å²) >= 11 is 0. The van der Waals surface area contributed by atoms with E-state index in [1.54, 1.807) is 0 Å². The number of hydrogen-bond donors (Lipinski definition) is 1. The molecule has 4 rings (SSSR count). The Bertz CT molecular complexity index is 894. The first-order valence-electron chi connectivity index (χ1n) is 8.77. The van der Waals surface area contributed by atoms with Gasteiger partial charge in [0.05, 0.1) is 11.7 Å². The summed E-state index contributed by atoms with van der Waals surface area (Å²) in [7, 11) is 0. The van der Waals surface area contributed by atoms with Gasteiger partial charge in [-0.2, -0.15) is 5.10 Å². The second-order valence-electron chi connectivity index (χ2n) is 6.49. The number of carbonyl (C=O) groups is 1. The quantitative estimate of drug-likeness (QED) is 0.792. The molecule has 5 heteroatoms. The lowest BCUT2D eigenvalue weighted by molar-refractivity contribution is 0.0611. The third-order valence-corrected chi connectivity index (χ3v) is 5.08. The van der Waals surface area contributed by atoms with Crippen LogP contribution >= 0.6 is 0 Å². The summed E-state index contributed by atoms with van der Waals surface area (Å²) in [6, 6.07) is 14.3. The zero-order chi connectivity index (χ0) is 17.4. The van der Waals surface area contributed by atoms with Gasteiger partial charge in [0.15, 0.2) is 0 Å². The molecule has 1 aliphatic heterocycles. The molecule has 0 aliphatic carbocycles. The van der Waals surface area contributed by atoms with Crippen LogP contribution in [0.4, 0.5) is 0 Å². The number of carbonyl (C=O) groups excluding carboxylic acids is 1. The van der Waals surface area contributed by atoms with Crippen molar-refractivity contribution < 1.29 is 4.79 Å². The molecule has 2 aromatic heterocycles. The van der Waals surface area contributed by atoms with Crippen molar-refractivity contribution in [3.63, 3.8) is 0 Å². The number of nitrogens with one attached hydrogen (secondary N) is 1. The van der Waals surface area contributed by atoms with Crippen molar-refractivity contribution in [1.82, 2.24) is 19.7 Å². The summed E-state index contributed by atoms with van der Waals surface area (Å²) in [5, 5.41) is 7.39. The minimum Gasteiger partial charge on any atom is -0.348 e. The first-order valence-corrected chi connectivity index (χ1v) is 8.77. The molecule has 3 aromatic rings. The van der Waals surface area contributed by atoms with E-state index in [0.717, 1.165) is 36.3 Å². The largest absolute Gasteiger partial charge is 0.348 e. The van der Waals surface area contributed by atoms with Crippen LogP contribution in [0.25, 0.3) is 11.3 Å². The van der Waals surface area contributed by atoms with Crippen molar-refractivity contribution in [3.8, 4) is 11.3 Å². The third-order valence-electron chi connectivity index (χ3n) is 5.08. The highest BCUT2D eigenvalue weighted by atomic mass is 16.2. The second-order valence-corrected chi connectivity index (χ2v) is 6.49. The molecule has 0 fully saturated rings. The maximum atomic E-state index is 13.2. The number of nitrogens with zero attached hydrogens (tertiary/aromatic N) is 3. The monoisotopic (exact) mass is 334 g/mol. The summed E-state index contributed by atoms with van der Waals surface area (Å²) in [4.78, 5) is 15.2. The van der Waals surface area contributed by atoms with Gasteiger partial charge >= 0.3 is 0 Å². The fourth-order valence-corrected chi connectivity index (χ4v) is 3.76. The summed E-state index contributed by atoms with van der Waals surface area (Å²) in [5.74, 6) is 0.0338. The lowest BCUT2D eigenvalue weighted by Crippen LogP contribution is -2.42. The number of H-pyrrole nitrogens is 1. The first-order chi connectivity index (χ1) is 12.2. The van der Waals surface area contributed by atoms with E-state index >= 15 is 0 Å². The Morgan fingerprint density at radius 2 is 2.00 bits per heavy atom. The molecule has 25 heavy (non-hydrogen) atoms. The van der Waals surface area contributed by atoms with Crippen molar-refractivity contribution in [2.24, 2.45) is 0 Å². The molecule has 1 atom stereocenters. The maximum absolute atomic E-state index is 13.2. The third kappa shape index (κ3) is 2.56. The molecule has 0 unspecified atom stereocenters. The van der Waals surface area contributed by atoms with E-state index in [2.05, 4.69) is 40.0 Å². The molecule has 128 valence electrons. The topological polar surface area (TPSA) is 53.9 Å². The molecule has 1 aliphatic rings.